The van der Waals surface area contributed by atoms with E-state index in [0.29, 0.717) is 13.2 Å². The van der Waals surface area contributed by atoms with E-state index in [0.717, 1.165) is 11.3 Å². The predicted octanol–water partition coefficient (Wildman–Crippen LogP) is 1.61. The second-order valence-corrected chi connectivity index (χ2v) is 3.53. The molecule has 3 N–H and O–H groups in total. The maximum Gasteiger partial charge on any atom is 0.122 e. The van der Waals surface area contributed by atoms with E-state index in [2.05, 4.69) is 24.4 Å². The van der Waals surface area contributed by atoms with Crippen LogP contribution in [0.15, 0.2) is 18.2 Å². The maximum absolute atomic E-state index is 5.67. The zero-order valence-corrected chi connectivity index (χ0v) is 9.71. The van der Waals surface area contributed by atoms with Crippen LogP contribution in [0.4, 0.5) is 0 Å². The largest absolute Gasteiger partial charge is 0.494 e. The van der Waals surface area contributed by atoms with E-state index < -0.39 is 0 Å². The third-order valence-electron chi connectivity index (χ3n) is 2.49. The van der Waals surface area contributed by atoms with Gasteiger partial charge >= 0.3 is 0 Å². The molecule has 0 radical (unpaired) electrons. The number of rotatable bonds is 5. The summed E-state index contributed by atoms with van der Waals surface area (Å²) in [7, 11) is 1.92. The lowest BCUT2D eigenvalue weighted by atomic mass is 10.0. The van der Waals surface area contributed by atoms with Gasteiger partial charge in [0.05, 0.1) is 6.61 Å². The Kier molecular flexibility index (Phi) is 4.59. The molecule has 1 rings (SSSR count). The zero-order chi connectivity index (χ0) is 11.3. The van der Waals surface area contributed by atoms with Crippen molar-refractivity contribution in [1.29, 1.82) is 0 Å². The number of nitrogens with two attached hydrogens (primary N) is 1. The van der Waals surface area contributed by atoms with Gasteiger partial charge in [-0.3, -0.25) is 0 Å². The molecule has 0 aliphatic heterocycles. The Morgan fingerprint density at radius 3 is 2.67 bits per heavy atom. The molecule has 1 aromatic carbocycles. The molecule has 15 heavy (non-hydrogen) atoms. The van der Waals surface area contributed by atoms with Crippen molar-refractivity contribution in [3.63, 3.8) is 0 Å². The fraction of sp³-hybridized carbons (Fsp3) is 0.500. The lowest BCUT2D eigenvalue weighted by Crippen LogP contribution is -2.24. The lowest BCUT2D eigenvalue weighted by Gasteiger charge is -2.16. The molecule has 3 heteroatoms. The van der Waals surface area contributed by atoms with Gasteiger partial charge in [0.1, 0.15) is 5.75 Å². The quantitative estimate of drug-likeness (QED) is 0.773. The minimum Gasteiger partial charge on any atom is -0.494 e. The Bertz CT molecular complexity index is 308. The number of ether oxygens (including phenoxy) is 1. The molecule has 0 bridgehead atoms. The number of nitrogens with one attached hydrogen (secondary N) is 1. The van der Waals surface area contributed by atoms with Gasteiger partial charge in [0, 0.05) is 12.6 Å². The molecule has 0 spiro atoms. The highest BCUT2D eigenvalue weighted by Gasteiger charge is 2.08. The first-order valence-corrected chi connectivity index (χ1v) is 5.33. The molecule has 1 atom stereocenters. The predicted molar refractivity (Wildman–Crippen MR) is 63.2 cm³/mol. The number of benzene rings is 1. The van der Waals surface area contributed by atoms with E-state index >= 15 is 0 Å². The van der Waals surface area contributed by atoms with Crippen molar-refractivity contribution in [3.05, 3.63) is 29.3 Å². The van der Waals surface area contributed by atoms with Crippen LogP contribution < -0.4 is 15.8 Å². The van der Waals surface area contributed by atoms with Gasteiger partial charge in [-0.2, -0.15) is 0 Å². The minimum absolute atomic E-state index is 0.222. The Morgan fingerprint density at radius 1 is 1.47 bits per heavy atom. The van der Waals surface area contributed by atoms with Crippen molar-refractivity contribution in [3.8, 4) is 5.75 Å². The standard InChI is InChI=1S/C12H20N2O/c1-4-15-12-6-5-10(7-9(12)2)11(8-13)14-3/h5-7,11,14H,4,8,13H2,1-3H3. The lowest BCUT2D eigenvalue weighted by molar-refractivity contribution is 0.337. The third-order valence-corrected chi connectivity index (χ3v) is 2.49. The van der Waals surface area contributed by atoms with Gasteiger partial charge in [-0.05, 0) is 38.1 Å². The van der Waals surface area contributed by atoms with E-state index in [1.807, 2.05) is 20.0 Å². The molecule has 1 aromatic rings. The molecular weight excluding hydrogens is 188 g/mol. The van der Waals surface area contributed by atoms with Crippen LogP contribution in [-0.2, 0) is 0 Å². The van der Waals surface area contributed by atoms with Gasteiger partial charge in [-0.25, -0.2) is 0 Å². The Labute approximate surface area is 91.6 Å². The van der Waals surface area contributed by atoms with Crippen molar-refractivity contribution < 1.29 is 4.74 Å². The summed E-state index contributed by atoms with van der Waals surface area (Å²) in [5, 5.41) is 3.18. The second kappa shape index (κ2) is 5.73. The first kappa shape index (κ1) is 12.0. The molecule has 0 aliphatic carbocycles. The summed E-state index contributed by atoms with van der Waals surface area (Å²) in [4.78, 5) is 0. The summed E-state index contributed by atoms with van der Waals surface area (Å²) in [6.45, 7) is 5.35. The van der Waals surface area contributed by atoms with Gasteiger partial charge in [0.25, 0.3) is 0 Å². The normalized spacial score (nSPS) is 12.5. The average Bonchev–Trinajstić information content (AvgIpc) is 2.24. The summed E-state index contributed by atoms with van der Waals surface area (Å²) < 4.78 is 5.49. The SMILES string of the molecule is CCOc1ccc(C(CN)NC)cc1C. The Morgan fingerprint density at radius 2 is 2.20 bits per heavy atom. The van der Waals surface area contributed by atoms with Crippen LogP contribution in [0.5, 0.6) is 5.75 Å². The third kappa shape index (κ3) is 2.94. The number of hydrogen-bond donors (Lipinski definition) is 2. The molecule has 0 aliphatic rings. The summed E-state index contributed by atoms with van der Waals surface area (Å²) >= 11 is 0. The van der Waals surface area contributed by atoms with Gasteiger partial charge in [0.15, 0.2) is 0 Å². The molecule has 0 fully saturated rings. The van der Waals surface area contributed by atoms with Gasteiger partial charge in [-0.15, -0.1) is 0 Å². The second-order valence-electron chi connectivity index (χ2n) is 3.53. The van der Waals surface area contributed by atoms with E-state index in [1.165, 1.54) is 5.56 Å². The van der Waals surface area contributed by atoms with E-state index in [-0.39, 0.29) is 6.04 Å². The van der Waals surface area contributed by atoms with Crippen molar-refractivity contribution >= 4 is 0 Å². The summed E-state index contributed by atoms with van der Waals surface area (Å²) in [6.07, 6.45) is 0. The number of hydrogen-bond acceptors (Lipinski definition) is 3. The highest BCUT2D eigenvalue weighted by atomic mass is 16.5. The highest BCUT2D eigenvalue weighted by Crippen LogP contribution is 2.22. The monoisotopic (exact) mass is 208 g/mol. The van der Waals surface area contributed by atoms with Crippen LogP contribution in [0.2, 0.25) is 0 Å². The van der Waals surface area contributed by atoms with Crippen LogP contribution in [0.1, 0.15) is 24.1 Å². The zero-order valence-electron chi connectivity index (χ0n) is 9.71. The van der Waals surface area contributed by atoms with Crippen molar-refractivity contribution in [2.45, 2.75) is 19.9 Å². The maximum atomic E-state index is 5.67. The molecule has 3 nitrogen and oxygen atoms in total. The minimum atomic E-state index is 0.222. The molecule has 1 unspecified atom stereocenters. The van der Waals surface area contributed by atoms with E-state index in [4.69, 9.17) is 10.5 Å². The van der Waals surface area contributed by atoms with Crippen LogP contribution in [0, 0.1) is 6.92 Å². The number of aryl methyl sites for hydroxylation is 1. The molecule has 0 saturated heterocycles. The summed E-state index contributed by atoms with van der Waals surface area (Å²) in [5.41, 5.74) is 8.03. The topological polar surface area (TPSA) is 47.3 Å². The Balaban J connectivity index is 2.89. The average molecular weight is 208 g/mol. The molecule has 0 aromatic heterocycles. The first-order valence-electron chi connectivity index (χ1n) is 5.33. The van der Waals surface area contributed by atoms with E-state index in [9.17, 15) is 0 Å². The van der Waals surface area contributed by atoms with Crippen molar-refractivity contribution in [2.75, 3.05) is 20.2 Å². The Hall–Kier alpha value is -1.06. The molecule has 84 valence electrons. The van der Waals surface area contributed by atoms with Crippen molar-refractivity contribution in [2.24, 2.45) is 5.73 Å². The molecular formula is C12H20N2O. The molecule has 0 amide bonds. The number of likely N-dealkylation sites (N-methyl/N-ethyl adjacent to an activating group) is 1. The van der Waals surface area contributed by atoms with Crippen molar-refractivity contribution in [1.82, 2.24) is 5.32 Å². The summed E-state index contributed by atoms with van der Waals surface area (Å²) in [5.74, 6) is 0.952. The van der Waals surface area contributed by atoms with Crippen LogP contribution in [0.25, 0.3) is 0 Å². The first-order chi connectivity index (χ1) is 7.22. The van der Waals surface area contributed by atoms with Gasteiger partial charge < -0.3 is 15.8 Å². The van der Waals surface area contributed by atoms with Gasteiger partial charge in [0.2, 0.25) is 0 Å². The molecule has 0 heterocycles. The van der Waals surface area contributed by atoms with Gasteiger partial charge in [-0.1, -0.05) is 12.1 Å². The van der Waals surface area contributed by atoms with Crippen LogP contribution in [0.3, 0.4) is 0 Å². The molecule has 0 saturated carbocycles. The van der Waals surface area contributed by atoms with Crippen LogP contribution >= 0.6 is 0 Å². The van der Waals surface area contributed by atoms with E-state index in [1.54, 1.807) is 0 Å². The smallest absolute Gasteiger partial charge is 0.122 e. The highest BCUT2D eigenvalue weighted by molar-refractivity contribution is 5.37. The fourth-order valence-electron chi connectivity index (χ4n) is 1.63. The summed E-state index contributed by atoms with van der Waals surface area (Å²) in [6, 6.07) is 6.42. The fourth-order valence-corrected chi connectivity index (χ4v) is 1.63. The van der Waals surface area contributed by atoms with Crippen LogP contribution in [-0.4, -0.2) is 20.2 Å².